The van der Waals surface area contributed by atoms with Gasteiger partial charge < -0.3 is 9.80 Å². The number of hydrogen-bond acceptors (Lipinski definition) is 6. The van der Waals surface area contributed by atoms with Crippen LogP contribution in [0.5, 0.6) is 0 Å². The van der Waals surface area contributed by atoms with Crippen LogP contribution in [0, 0.1) is 18.7 Å². The second kappa shape index (κ2) is 9.18. The third-order valence-corrected chi connectivity index (χ3v) is 8.35. The van der Waals surface area contributed by atoms with E-state index in [1.165, 1.54) is 18.4 Å². The van der Waals surface area contributed by atoms with Gasteiger partial charge in [0.2, 0.25) is 11.9 Å². The van der Waals surface area contributed by atoms with Crippen LogP contribution in [0.25, 0.3) is 10.9 Å². The van der Waals surface area contributed by atoms with Gasteiger partial charge in [0.1, 0.15) is 5.82 Å². The molecule has 0 spiro atoms. The second-order valence-electron chi connectivity index (χ2n) is 9.64. The molecule has 2 aromatic carbocycles. The molecule has 1 atom stereocenters. The summed E-state index contributed by atoms with van der Waals surface area (Å²) < 4.78 is 37.2. The van der Waals surface area contributed by atoms with Crippen LogP contribution in [-0.2, 0) is 14.6 Å². The monoisotopic (exact) mass is 496 g/mol. The lowest BCUT2D eigenvalue weighted by molar-refractivity contribution is -0.135. The number of aromatic nitrogens is 2. The first-order valence-electron chi connectivity index (χ1n) is 12.0. The third-order valence-electron chi connectivity index (χ3n) is 7.24. The average molecular weight is 497 g/mol. The molecule has 7 nitrogen and oxygen atoms in total. The second-order valence-corrected chi connectivity index (χ2v) is 11.7. The van der Waals surface area contributed by atoms with Crippen LogP contribution in [0.15, 0.2) is 47.4 Å². The Morgan fingerprint density at radius 1 is 1.00 bits per heavy atom. The van der Waals surface area contributed by atoms with Crippen LogP contribution in [0.3, 0.4) is 0 Å². The van der Waals surface area contributed by atoms with E-state index < -0.39 is 9.84 Å². The van der Waals surface area contributed by atoms with Gasteiger partial charge in [-0.3, -0.25) is 4.79 Å². The Labute approximate surface area is 204 Å². The molecule has 1 unspecified atom stereocenters. The van der Waals surface area contributed by atoms with Gasteiger partial charge in [0.15, 0.2) is 9.84 Å². The standard InChI is InChI=1S/C26H29FN4O3S/c1-17-23-8-7-22(35(2,33)34)15-24(23)29-26(28-17)30-12-9-19(10-13-30)25(32)31-14-11-20(16-31)18-3-5-21(27)6-4-18/h3-8,15,19-20H,9-14,16H2,1-2H3. The minimum absolute atomic E-state index is 0.0309. The zero-order valence-electron chi connectivity index (χ0n) is 19.9. The maximum Gasteiger partial charge on any atom is 0.226 e. The first-order valence-corrected chi connectivity index (χ1v) is 13.9. The van der Waals surface area contributed by atoms with Gasteiger partial charge >= 0.3 is 0 Å². The highest BCUT2D eigenvalue weighted by atomic mass is 32.2. The van der Waals surface area contributed by atoms with E-state index in [9.17, 15) is 17.6 Å². The Hall–Kier alpha value is -3.07. The van der Waals surface area contributed by atoms with E-state index in [1.54, 1.807) is 18.2 Å². The first kappa shape index (κ1) is 23.7. The number of rotatable bonds is 4. The van der Waals surface area contributed by atoms with E-state index in [2.05, 4.69) is 14.9 Å². The summed E-state index contributed by atoms with van der Waals surface area (Å²) in [4.78, 5) is 26.8. The summed E-state index contributed by atoms with van der Waals surface area (Å²) in [5.74, 6) is 0.752. The molecule has 2 aliphatic heterocycles. The van der Waals surface area contributed by atoms with E-state index >= 15 is 0 Å². The molecular formula is C26H29FN4O3S. The van der Waals surface area contributed by atoms with Crippen molar-refractivity contribution in [3.63, 3.8) is 0 Å². The van der Waals surface area contributed by atoms with Gasteiger partial charge in [-0.25, -0.2) is 22.8 Å². The van der Waals surface area contributed by atoms with E-state index in [4.69, 9.17) is 0 Å². The minimum atomic E-state index is -3.33. The molecule has 0 saturated carbocycles. The van der Waals surface area contributed by atoms with Gasteiger partial charge in [0.05, 0.1) is 16.1 Å². The molecule has 3 heterocycles. The molecule has 3 aromatic rings. The summed E-state index contributed by atoms with van der Waals surface area (Å²) in [6.07, 6.45) is 3.53. The Morgan fingerprint density at radius 3 is 2.40 bits per heavy atom. The lowest BCUT2D eigenvalue weighted by atomic mass is 9.95. The fourth-order valence-electron chi connectivity index (χ4n) is 5.18. The molecule has 5 rings (SSSR count). The Bertz CT molecular complexity index is 1370. The summed E-state index contributed by atoms with van der Waals surface area (Å²) in [6, 6.07) is 11.5. The lowest BCUT2D eigenvalue weighted by Gasteiger charge is -2.33. The summed E-state index contributed by atoms with van der Waals surface area (Å²) in [5, 5.41) is 0.830. The van der Waals surface area contributed by atoms with E-state index in [-0.39, 0.29) is 28.5 Å². The SMILES string of the molecule is Cc1nc(N2CCC(C(=O)N3CCC(c4ccc(F)cc4)C3)CC2)nc2cc(S(C)(=O)=O)ccc12. The number of nitrogens with zero attached hydrogens (tertiary/aromatic N) is 4. The number of anilines is 1. The van der Waals surface area contributed by atoms with Crippen LogP contribution < -0.4 is 4.90 Å². The average Bonchev–Trinajstić information content (AvgIpc) is 3.33. The van der Waals surface area contributed by atoms with Crippen molar-refractivity contribution in [1.82, 2.24) is 14.9 Å². The number of piperidine rings is 1. The normalized spacial score (nSPS) is 19.5. The van der Waals surface area contributed by atoms with Crippen LogP contribution >= 0.6 is 0 Å². The fraction of sp³-hybridized carbons (Fsp3) is 0.423. The molecule has 0 bridgehead atoms. The van der Waals surface area contributed by atoms with Crippen molar-refractivity contribution >= 4 is 32.6 Å². The number of hydrogen-bond donors (Lipinski definition) is 0. The number of fused-ring (bicyclic) bond motifs is 1. The van der Waals surface area contributed by atoms with Gasteiger partial charge in [-0.05, 0) is 62.1 Å². The van der Waals surface area contributed by atoms with Gasteiger partial charge in [-0.15, -0.1) is 0 Å². The highest BCUT2D eigenvalue weighted by molar-refractivity contribution is 7.90. The maximum atomic E-state index is 13.2. The number of sulfone groups is 1. The summed E-state index contributed by atoms with van der Waals surface area (Å²) >= 11 is 0. The highest BCUT2D eigenvalue weighted by Gasteiger charge is 2.34. The summed E-state index contributed by atoms with van der Waals surface area (Å²) in [5.41, 5.74) is 2.49. The van der Waals surface area contributed by atoms with Crippen molar-refractivity contribution in [3.05, 3.63) is 59.5 Å². The Kier molecular flexibility index (Phi) is 6.21. The van der Waals surface area contributed by atoms with Crippen molar-refractivity contribution in [3.8, 4) is 0 Å². The van der Waals surface area contributed by atoms with Gasteiger partial charge in [-0.1, -0.05) is 12.1 Å². The number of benzene rings is 2. The zero-order chi connectivity index (χ0) is 24.7. The number of carbonyl (C=O) groups is 1. The Morgan fingerprint density at radius 2 is 1.71 bits per heavy atom. The number of likely N-dealkylation sites (tertiary alicyclic amines) is 1. The highest BCUT2D eigenvalue weighted by Crippen LogP contribution is 2.31. The molecule has 0 N–H and O–H groups in total. The molecule has 184 valence electrons. The van der Waals surface area contributed by atoms with Crippen molar-refractivity contribution in [2.24, 2.45) is 5.92 Å². The van der Waals surface area contributed by atoms with Crippen LogP contribution in [0.1, 0.15) is 36.4 Å². The molecule has 35 heavy (non-hydrogen) atoms. The summed E-state index contributed by atoms with van der Waals surface area (Å²) in [6.45, 7) is 4.65. The number of aryl methyl sites for hydroxylation is 1. The largest absolute Gasteiger partial charge is 0.342 e. The molecule has 0 radical (unpaired) electrons. The fourth-order valence-corrected chi connectivity index (χ4v) is 5.82. The van der Waals surface area contributed by atoms with E-state index in [0.717, 1.165) is 42.5 Å². The first-order chi connectivity index (χ1) is 16.7. The molecule has 0 aliphatic carbocycles. The molecule has 2 saturated heterocycles. The van der Waals surface area contributed by atoms with Crippen molar-refractivity contribution in [2.45, 2.75) is 37.0 Å². The molecular weight excluding hydrogens is 467 g/mol. The topological polar surface area (TPSA) is 83.5 Å². The van der Waals surface area contributed by atoms with Crippen molar-refractivity contribution < 1.29 is 17.6 Å². The Balaban J connectivity index is 1.24. The number of carbonyl (C=O) groups excluding carboxylic acids is 1. The minimum Gasteiger partial charge on any atom is -0.342 e. The third kappa shape index (κ3) is 4.87. The molecule has 2 aliphatic rings. The molecule has 1 amide bonds. The zero-order valence-corrected chi connectivity index (χ0v) is 20.8. The molecule has 2 fully saturated rings. The quantitative estimate of drug-likeness (QED) is 0.548. The van der Waals surface area contributed by atoms with Crippen LogP contribution in [0.4, 0.5) is 10.3 Å². The van der Waals surface area contributed by atoms with E-state index in [0.29, 0.717) is 31.1 Å². The van der Waals surface area contributed by atoms with Crippen molar-refractivity contribution in [2.75, 3.05) is 37.3 Å². The number of halogens is 1. The van der Waals surface area contributed by atoms with Gasteiger partial charge in [0, 0.05) is 49.7 Å². The van der Waals surface area contributed by atoms with Gasteiger partial charge in [-0.2, -0.15) is 0 Å². The molecule has 1 aromatic heterocycles. The number of amides is 1. The smallest absolute Gasteiger partial charge is 0.226 e. The van der Waals surface area contributed by atoms with Crippen LogP contribution in [0.2, 0.25) is 0 Å². The van der Waals surface area contributed by atoms with Crippen LogP contribution in [-0.4, -0.2) is 61.6 Å². The predicted octanol–water partition coefficient (Wildman–Crippen LogP) is 3.71. The lowest BCUT2D eigenvalue weighted by Crippen LogP contribution is -2.42. The predicted molar refractivity (Wildman–Crippen MR) is 133 cm³/mol. The molecule has 9 heteroatoms. The van der Waals surface area contributed by atoms with E-state index in [1.807, 2.05) is 24.0 Å². The van der Waals surface area contributed by atoms with Crippen molar-refractivity contribution in [1.29, 1.82) is 0 Å². The summed E-state index contributed by atoms with van der Waals surface area (Å²) in [7, 11) is -3.33. The maximum absolute atomic E-state index is 13.2. The van der Waals surface area contributed by atoms with Gasteiger partial charge in [0.25, 0.3) is 0 Å².